The third kappa shape index (κ3) is 0.852. The van der Waals surface area contributed by atoms with E-state index in [0.717, 1.165) is 47.3 Å². The average molecular weight is 264 g/mol. The van der Waals surface area contributed by atoms with Gasteiger partial charge >= 0.3 is 0 Å². The highest BCUT2D eigenvalue weighted by Gasteiger charge is 2.78. The molecule has 8 aliphatic carbocycles. The van der Waals surface area contributed by atoms with Crippen molar-refractivity contribution in [1.29, 1.82) is 0 Å². The standard InChI is InChI=1S/C19H25B/c1-2-18-9-10-6-14-13-8-12-11(17(14)18)4-3-5-15(12)19(18,20)16(13)7-10/h2,10-17H,1,3-9H2. The van der Waals surface area contributed by atoms with Crippen molar-refractivity contribution in [2.24, 2.45) is 52.8 Å². The number of rotatable bonds is 1. The normalized spacial score (nSPS) is 71.4. The molecule has 0 N–H and O–H groups in total. The Labute approximate surface area is 124 Å². The summed E-state index contributed by atoms with van der Waals surface area (Å²) in [7, 11) is 7.38. The van der Waals surface area contributed by atoms with Crippen LogP contribution < -0.4 is 0 Å². The van der Waals surface area contributed by atoms with Gasteiger partial charge in [0.1, 0.15) is 0 Å². The monoisotopic (exact) mass is 264 g/mol. The molecule has 0 spiro atoms. The van der Waals surface area contributed by atoms with Crippen LogP contribution in [0.1, 0.15) is 44.9 Å². The number of hydrogen-bond acceptors (Lipinski definition) is 0. The van der Waals surface area contributed by atoms with E-state index in [9.17, 15) is 0 Å². The molecule has 0 aromatic rings. The Balaban J connectivity index is 1.67. The zero-order valence-corrected chi connectivity index (χ0v) is 12.4. The third-order valence-electron chi connectivity index (χ3n) is 9.46. The predicted octanol–water partition coefficient (Wildman–Crippen LogP) is 4.23. The maximum absolute atomic E-state index is 7.38. The summed E-state index contributed by atoms with van der Waals surface area (Å²) in [5.74, 6) is 7.67. The minimum absolute atomic E-state index is 0.150. The van der Waals surface area contributed by atoms with Gasteiger partial charge in [-0.25, -0.2) is 0 Å². The Morgan fingerprint density at radius 1 is 0.950 bits per heavy atom. The van der Waals surface area contributed by atoms with Crippen LogP contribution in [0, 0.1) is 52.8 Å². The Bertz CT molecular complexity index is 496. The van der Waals surface area contributed by atoms with Crippen LogP contribution in [0.3, 0.4) is 0 Å². The second-order valence-corrected chi connectivity index (χ2v) is 9.28. The molecule has 8 saturated carbocycles. The van der Waals surface area contributed by atoms with Gasteiger partial charge in [0, 0.05) is 0 Å². The largest absolute Gasteiger partial charge is 0.103 e. The average Bonchev–Trinajstić information content (AvgIpc) is 2.48. The molecule has 0 aliphatic heterocycles. The second-order valence-electron chi connectivity index (χ2n) is 9.28. The van der Waals surface area contributed by atoms with Crippen LogP contribution in [-0.4, -0.2) is 7.85 Å². The molecule has 10 unspecified atom stereocenters. The highest BCUT2D eigenvalue weighted by Crippen LogP contribution is 2.87. The van der Waals surface area contributed by atoms with Crippen molar-refractivity contribution in [2.75, 3.05) is 0 Å². The third-order valence-corrected chi connectivity index (χ3v) is 9.46. The molecule has 0 heterocycles. The lowest BCUT2D eigenvalue weighted by Crippen LogP contribution is -2.75. The molecule has 0 saturated heterocycles. The van der Waals surface area contributed by atoms with Gasteiger partial charge in [0.2, 0.25) is 0 Å². The van der Waals surface area contributed by atoms with Gasteiger partial charge < -0.3 is 0 Å². The van der Waals surface area contributed by atoms with E-state index in [0.29, 0.717) is 5.41 Å². The van der Waals surface area contributed by atoms with E-state index in [-0.39, 0.29) is 5.31 Å². The molecule has 10 bridgehead atoms. The maximum atomic E-state index is 7.38. The fourth-order valence-corrected chi connectivity index (χ4v) is 9.47. The first kappa shape index (κ1) is 11.4. The zero-order chi connectivity index (χ0) is 13.3. The van der Waals surface area contributed by atoms with Crippen LogP contribution >= 0.6 is 0 Å². The smallest absolute Gasteiger partial charge is 0.0766 e. The van der Waals surface area contributed by atoms with E-state index in [1.807, 2.05) is 0 Å². The summed E-state index contributed by atoms with van der Waals surface area (Å²) >= 11 is 0. The van der Waals surface area contributed by atoms with E-state index in [2.05, 4.69) is 12.7 Å². The highest BCUT2D eigenvalue weighted by molar-refractivity contribution is 6.17. The molecule has 10 atom stereocenters. The lowest BCUT2D eigenvalue weighted by atomic mass is 9.17. The Morgan fingerprint density at radius 3 is 2.65 bits per heavy atom. The van der Waals surface area contributed by atoms with Crippen LogP contribution in [0.15, 0.2) is 12.7 Å². The molecule has 0 aromatic heterocycles. The molecule has 8 rings (SSSR count). The van der Waals surface area contributed by atoms with Gasteiger partial charge in [-0.3, -0.25) is 0 Å². The summed E-state index contributed by atoms with van der Waals surface area (Å²) in [6.07, 6.45) is 12.8. The summed E-state index contributed by atoms with van der Waals surface area (Å²) in [6.45, 7) is 4.37. The minimum Gasteiger partial charge on any atom is -0.103 e. The van der Waals surface area contributed by atoms with Crippen LogP contribution in [-0.2, 0) is 0 Å². The van der Waals surface area contributed by atoms with Crippen molar-refractivity contribution in [3.8, 4) is 0 Å². The molecule has 1 heteroatoms. The first-order chi connectivity index (χ1) is 9.70. The van der Waals surface area contributed by atoms with E-state index in [1.54, 1.807) is 12.8 Å². The van der Waals surface area contributed by atoms with Crippen molar-refractivity contribution in [3.05, 3.63) is 12.7 Å². The quantitative estimate of drug-likeness (QED) is 0.491. The van der Waals surface area contributed by atoms with Gasteiger partial charge in [0.25, 0.3) is 0 Å². The van der Waals surface area contributed by atoms with Crippen molar-refractivity contribution in [3.63, 3.8) is 0 Å². The molecule has 0 aromatic carbocycles. The lowest BCUT2D eigenvalue weighted by molar-refractivity contribution is -0.286. The first-order valence-electron chi connectivity index (χ1n) is 9.13. The molecule has 0 nitrogen and oxygen atoms in total. The van der Waals surface area contributed by atoms with Crippen LogP contribution in [0.4, 0.5) is 0 Å². The molecule has 8 aliphatic rings. The van der Waals surface area contributed by atoms with Gasteiger partial charge in [-0.05, 0) is 84.9 Å². The second kappa shape index (κ2) is 3.11. The van der Waals surface area contributed by atoms with Crippen molar-refractivity contribution < 1.29 is 0 Å². The van der Waals surface area contributed by atoms with Gasteiger partial charge in [-0.15, -0.1) is 6.58 Å². The first-order valence-corrected chi connectivity index (χ1v) is 9.13. The van der Waals surface area contributed by atoms with Crippen LogP contribution in [0.2, 0.25) is 5.31 Å². The lowest BCUT2D eigenvalue weighted by Gasteiger charge is -2.83. The summed E-state index contributed by atoms with van der Waals surface area (Å²) in [5.41, 5.74) is 0.340. The van der Waals surface area contributed by atoms with Crippen molar-refractivity contribution in [2.45, 2.75) is 50.3 Å². The molecular weight excluding hydrogens is 239 g/mol. The Kier molecular flexibility index (Phi) is 1.77. The molecule has 0 amide bonds. The van der Waals surface area contributed by atoms with E-state index >= 15 is 0 Å². The van der Waals surface area contributed by atoms with Crippen molar-refractivity contribution >= 4 is 7.85 Å². The minimum atomic E-state index is 0.150. The fourth-order valence-electron chi connectivity index (χ4n) is 9.47. The van der Waals surface area contributed by atoms with Crippen LogP contribution in [0.5, 0.6) is 0 Å². The zero-order valence-electron chi connectivity index (χ0n) is 12.4. The molecule has 8 fully saturated rings. The maximum Gasteiger partial charge on any atom is 0.0766 e. The van der Waals surface area contributed by atoms with Crippen LogP contribution in [0.25, 0.3) is 0 Å². The Morgan fingerprint density at radius 2 is 1.80 bits per heavy atom. The molecule has 2 radical (unpaired) electrons. The van der Waals surface area contributed by atoms with E-state index in [1.165, 1.54) is 32.1 Å². The topological polar surface area (TPSA) is 0 Å². The van der Waals surface area contributed by atoms with Crippen molar-refractivity contribution in [1.82, 2.24) is 0 Å². The Hall–Kier alpha value is -0.195. The molecule has 20 heavy (non-hydrogen) atoms. The van der Waals surface area contributed by atoms with Gasteiger partial charge in [-0.1, -0.05) is 24.2 Å². The van der Waals surface area contributed by atoms with E-state index < -0.39 is 0 Å². The SMILES string of the molecule is [B]C12C3CCCC4C3CC3C5CC(CC31)CC2(C=C)C45. The number of allylic oxidation sites excluding steroid dienone is 1. The fraction of sp³-hybridized carbons (Fsp3) is 0.895. The molecular formula is C19H25B. The highest BCUT2D eigenvalue weighted by atomic mass is 14.8. The number of hydrogen-bond donors (Lipinski definition) is 0. The summed E-state index contributed by atoms with van der Waals surface area (Å²) in [5, 5.41) is 0.150. The van der Waals surface area contributed by atoms with Gasteiger partial charge in [0.15, 0.2) is 0 Å². The summed E-state index contributed by atoms with van der Waals surface area (Å²) in [6, 6.07) is 0. The predicted molar refractivity (Wildman–Crippen MR) is 81.3 cm³/mol. The summed E-state index contributed by atoms with van der Waals surface area (Å²) < 4.78 is 0. The van der Waals surface area contributed by atoms with Gasteiger partial charge in [-0.2, -0.15) is 0 Å². The van der Waals surface area contributed by atoms with E-state index in [4.69, 9.17) is 7.85 Å². The summed E-state index contributed by atoms with van der Waals surface area (Å²) in [4.78, 5) is 0. The van der Waals surface area contributed by atoms with Gasteiger partial charge in [0.05, 0.1) is 7.85 Å². The molecule has 104 valence electrons.